The van der Waals surface area contributed by atoms with Gasteiger partial charge in [0.15, 0.2) is 0 Å². The molecule has 104 valence electrons. The average molecular weight is 283 g/mol. The van der Waals surface area contributed by atoms with Gasteiger partial charge in [-0.3, -0.25) is 4.79 Å². The summed E-state index contributed by atoms with van der Waals surface area (Å²) in [5.41, 5.74) is 0.534. The van der Waals surface area contributed by atoms with Crippen LogP contribution in [0.3, 0.4) is 0 Å². The van der Waals surface area contributed by atoms with E-state index < -0.39 is 0 Å². The Morgan fingerprint density at radius 3 is 3.16 bits per heavy atom. The number of likely N-dealkylation sites (tertiary alicyclic amines) is 1. The fraction of sp³-hybridized carbons (Fsp3) is 0.571. The van der Waals surface area contributed by atoms with E-state index in [4.69, 9.17) is 16.3 Å². The van der Waals surface area contributed by atoms with Gasteiger partial charge in [-0.2, -0.15) is 0 Å². The van der Waals surface area contributed by atoms with Crippen molar-refractivity contribution >= 4 is 17.5 Å². The van der Waals surface area contributed by atoms with Crippen LogP contribution in [-0.4, -0.2) is 41.4 Å². The molecule has 1 atom stereocenters. The molecule has 1 aliphatic rings. The second kappa shape index (κ2) is 6.75. The van der Waals surface area contributed by atoms with Gasteiger partial charge in [0.25, 0.3) is 5.91 Å². The van der Waals surface area contributed by atoms with Crippen molar-refractivity contribution in [3.05, 3.63) is 23.9 Å². The summed E-state index contributed by atoms with van der Waals surface area (Å²) < 4.78 is 5.17. The monoisotopic (exact) mass is 282 g/mol. The number of carbonyl (C=O) groups is 1. The number of carbonyl (C=O) groups excluding carboxylic acids is 1. The Bertz CT molecular complexity index is 437. The number of alkyl halides is 1. The number of hydrogen-bond donors (Lipinski definition) is 0. The zero-order chi connectivity index (χ0) is 13.7. The molecule has 1 unspecified atom stereocenters. The first-order valence-electron chi connectivity index (χ1n) is 6.64. The highest BCUT2D eigenvalue weighted by Crippen LogP contribution is 2.24. The molecule has 4 nitrogen and oxygen atoms in total. The molecule has 2 heterocycles. The molecule has 5 heteroatoms. The van der Waals surface area contributed by atoms with E-state index in [1.807, 2.05) is 4.90 Å². The van der Waals surface area contributed by atoms with Crippen LogP contribution in [0.25, 0.3) is 0 Å². The normalized spacial score (nSPS) is 19.3. The molecule has 0 saturated carbocycles. The summed E-state index contributed by atoms with van der Waals surface area (Å²) in [6.45, 7) is 0.790. The van der Waals surface area contributed by atoms with Crippen LogP contribution in [0.1, 0.15) is 36.0 Å². The number of amides is 1. The number of methoxy groups -OCH3 is 1. The van der Waals surface area contributed by atoms with Crippen molar-refractivity contribution in [3.63, 3.8) is 0 Å². The number of nitrogens with zero attached hydrogens (tertiary/aromatic N) is 2. The quantitative estimate of drug-likeness (QED) is 0.798. The van der Waals surface area contributed by atoms with Crippen LogP contribution < -0.4 is 4.74 Å². The van der Waals surface area contributed by atoms with Crippen LogP contribution in [0, 0.1) is 0 Å². The van der Waals surface area contributed by atoms with E-state index in [1.54, 1.807) is 18.3 Å². The molecule has 1 aromatic rings. The fourth-order valence-corrected chi connectivity index (χ4v) is 2.82. The van der Waals surface area contributed by atoms with Crippen LogP contribution >= 0.6 is 11.6 Å². The SMILES string of the molecule is COc1ncccc1C(=O)N1CCCCC1CCCl. The Labute approximate surface area is 118 Å². The summed E-state index contributed by atoms with van der Waals surface area (Å²) >= 11 is 5.83. The third kappa shape index (κ3) is 3.18. The van der Waals surface area contributed by atoms with Gasteiger partial charge in [0.05, 0.1) is 7.11 Å². The minimum atomic E-state index is -0.000216. The standard InChI is InChI=1S/C14H19ClN2O2/c1-19-13-12(6-4-9-16-13)14(18)17-10-3-2-5-11(17)7-8-15/h4,6,9,11H,2-3,5,7-8,10H2,1H3. The smallest absolute Gasteiger partial charge is 0.259 e. The summed E-state index contributed by atoms with van der Waals surface area (Å²) in [7, 11) is 1.53. The second-order valence-electron chi connectivity index (χ2n) is 4.69. The van der Waals surface area contributed by atoms with Gasteiger partial charge in [0, 0.05) is 24.7 Å². The van der Waals surface area contributed by atoms with Crippen molar-refractivity contribution in [2.45, 2.75) is 31.7 Å². The number of hydrogen-bond acceptors (Lipinski definition) is 3. The van der Waals surface area contributed by atoms with Gasteiger partial charge in [0.2, 0.25) is 5.88 Å². The molecule has 0 spiro atoms. The highest BCUT2D eigenvalue weighted by molar-refractivity contribution is 6.17. The maximum atomic E-state index is 12.6. The molecule has 1 fully saturated rings. The Balaban J connectivity index is 2.21. The van der Waals surface area contributed by atoms with Gasteiger partial charge in [-0.05, 0) is 37.8 Å². The van der Waals surface area contributed by atoms with Crippen LogP contribution in [0.4, 0.5) is 0 Å². The minimum Gasteiger partial charge on any atom is -0.480 e. The molecule has 0 bridgehead atoms. The molecular weight excluding hydrogens is 264 g/mol. The summed E-state index contributed by atoms with van der Waals surface area (Å²) in [4.78, 5) is 18.6. The first-order chi connectivity index (χ1) is 9.27. The number of piperidine rings is 1. The highest BCUT2D eigenvalue weighted by atomic mass is 35.5. The Morgan fingerprint density at radius 1 is 1.58 bits per heavy atom. The van der Waals surface area contributed by atoms with Crippen molar-refractivity contribution in [1.29, 1.82) is 0 Å². The number of halogens is 1. The topological polar surface area (TPSA) is 42.4 Å². The first kappa shape index (κ1) is 14.1. The molecule has 19 heavy (non-hydrogen) atoms. The van der Waals surface area contributed by atoms with E-state index in [1.165, 1.54) is 7.11 Å². The zero-order valence-corrected chi connectivity index (χ0v) is 11.9. The maximum Gasteiger partial charge on any atom is 0.259 e. The number of rotatable bonds is 4. The lowest BCUT2D eigenvalue weighted by Gasteiger charge is -2.35. The van der Waals surface area contributed by atoms with Gasteiger partial charge >= 0.3 is 0 Å². The van der Waals surface area contributed by atoms with Crippen LogP contribution in [-0.2, 0) is 0 Å². The van der Waals surface area contributed by atoms with Crippen LogP contribution in [0.2, 0.25) is 0 Å². The highest BCUT2D eigenvalue weighted by Gasteiger charge is 2.28. The van der Waals surface area contributed by atoms with E-state index in [2.05, 4.69) is 4.98 Å². The third-order valence-electron chi connectivity index (χ3n) is 3.53. The number of aromatic nitrogens is 1. The van der Waals surface area contributed by atoms with Gasteiger partial charge in [-0.25, -0.2) is 4.98 Å². The summed E-state index contributed by atoms with van der Waals surface area (Å²) in [5, 5.41) is 0. The molecule has 0 aliphatic carbocycles. The van der Waals surface area contributed by atoms with Gasteiger partial charge in [-0.15, -0.1) is 11.6 Å². The largest absolute Gasteiger partial charge is 0.480 e. The lowest BCUT2D eigenvalue weighted by atomic mass is 9.99. The van der Waals surface area contributed by atoms with E-state index >= 15 is 0 Å². The van der Waals surface area contributed by atoms with Gasteiger partial charge in [-0.1, -0.05) is 0 Å². The molecule has 0 radical (unpaired) electrons. The lowest BCUT2D eigenvalue weighted by Crippen LogP contribution is -2.44. The summed E-state index contributed by atoms with van der Waals surface area (Å²) in [5.74, 6) is 0.973. The summed E-state index contributed by atoms with van der Waals surface area (Å²) in [6.07, 6.45) is 5.71. The van der Waals surface area contributed by atoms with E-state index in [0.29, 0.717) is 17.3 Å². The maximum absolute atomic E-state index is 12.6. The van der Waals surface area contributed by atoms with E-state index in [-0.39, 0.29) is 11.9 Å². The minimum absolute atomic E-state index is 0.000216. The average Bonchev–Trinajstić information content (AvgIpc) is 2.47. The molecule has 0 N–H and O–H groups in total. The number of ether oxygens (including phenoxy) is 1. The van der Waals surface area contributed by atoms with Crippen molar-refractivity contribution < 1.29 is 9.53 Å². The molecule has 2 rings (SSSR count). The predicted molar refractivity (Wildman–Crippen MR) is 74.8 cm³/mol. The van der Waals surface area contributed by atoms with Crippen molar-refractivity contribution in [2.24, 2.45) is 0 Å². The molecule has 1 aliphatic heterocycles. The Kier molecular flexibility index (Phi) is 5.02. The Hall–Kier alpha value is -1.29. The predicted octanol–water partition coefficient (Wildman–Crippen LogP) is 2.71. The lowest BCUT2D eigenvalue weighted by molar-refractivity contribution is 0.0605. The van der Waals surface area contributed by atoms with Crippen molar-refractivity contribution in [1.82, 2.24) is 9.88 Å². The molecule has 0 aromatic carbocycles. The van der Waals surface area contributed by atoms with Gasteiger partial charge in [0.1, 0.15) is 5.56 Å². The number of pyridine rings is 1. The van der Waals surface area contributed by atoms with Gasteiger partial charge < -0.3 is 9.64 Å². The van der Waals surface area contributed by atoms with Crippen molar-refractivity contribution in [3.8, 4) is 5.88 Å². The van der Waals surface area contributed by atoms with Crippen LogP contribution in [0.15, 0.2) is 18.3 Å². The third-order valence-corrected chi connectivity index (χ3v) is 3.74. The van der Waals surface area contributed by atoms with Crippen molar-refractivity contribution in [2.75, 3.05) is 19.5 Å². The Morgan fingerprint density at radius 2 is 2.42 bits per heavy atom. The first-order valence-corrected chi connectivity index (χ1v) is 7.17. The fourth-order valence-electron chi connectivity index (χ4n) is 2.56. The second-order valence-corrected chi connectivity index (χ2v) is 5.06. The molecule has 1 amide bonds. The zero-order valence-electron chi connectivity index (χ0n) is 11.1. The molecule has 1 saturated heterocycles. The van der Waals surface area contributed by atoms with Crippen LogP contribution in [0.5, 0.6) is 5.88 Å². The molecular formula is C14H19ClN2O2. The summed E-state index contributed by atoms with van der Waals surface area (Å²) in [6, 6.07) is 3.76. The molecule has 1 aromatic heterocycles. The van der Waals surface area contributed by atoms with E-state index in [9.17, 15) is 4.79 Å². The van der Waals surface area contributed by atoms with E-state index in [0.717, 1.165) is 32.2 Å².